The number of hydrogen-bond acceptors (Lipinski definition) is 3. The van der Waals surface area contributed by atoms with Crippen LogP contribution in [0.4, 0.5) is 0 Å². The average molecular weight is 223 g/mol. The largest absolute Gasteiger partial charge is 0.255 e. The average Bonchev–Trinajstić information content (AvgIpc) is 2.17. The van der Waals surface area contributed by atoms with E-state index in [9.17, 15) is 8.42 Å². The zero-order valence-electron chi connectivity index (χ0n) is 8.77. The first kappa shape index (κ1) is 11.7. The van der Waals surface area contributed by atoms with Crippen LogP contribution in [-0.2, 0) is 9.84 Å². The van der Waals surface area contributed by atoms with Crippen molar-refractivity contribution < 1.29 is 8.42 Å². The third-order valence-corrected chi connectivity index (χ3v) is 3.18. The Morgan fingerprint density at radius 3 is 2.67 bits per heavy atom. The van der Waals surface area contributed by atoms with E-state index in [1.54, 1.807) is 37.4 Å². The van der Waals surface area contributed by atoms with Gasteiger partial charge >= 0.3 is 0 Å². The van der Waals surface area contributed by atoms with Crippen LogP contribution in [0.15, 0.2) is 31.0 Å². The van der Waals surface area contributed by atoms with Crippen LogP contribution in [0.1, 0.15) is 18.2 Å². The summed E-state index contributed by atoms with van der Waals surface area (Å²) in [5.74, 6) is 0. The van der Waals surface area contributed by atoms with Gasteiger partial charge in [0.05, 0.1) is 10.6 Å². The fourth-order valence-electron chi connectivity index (χ4n) is 1.31. The van der Waals surface area contributed by atoms with E-state index in [4.69, 9.17) is 0 Å². The van der Waals surface area contributed by atoms with Crippen molar-refractivity contribution in [3.63, 3.8) is 0 Å². The number of pyridine rings is 1. The molecular weight excluding hydrogens is 210 g/mol. The fraction of sp³-hybridized carbons (Fsp3) is 0.182. The number of aromatic nitrogens is 1. The first-order valence-electron chi connectivity index (χ1n) is 4.45. The summed E-state index contributed by atoms with van der Waals surface area (Å²) in [6, 6.07) is 3.53. The van der Waals surface area contributed by atoms with Crippen molar-refractivity contribution in [1.82, 2.24) is 4.98 Å². The lowest BCUT2D eigenvalue weighted by molar-refractivity contribution is 0.611. The molecule has 0 aromatic carbocycles. The van der Waals surface area contributed by atoms with Gasteiger partial charge in [0.15, 0.2) is 9.84 Å². The van der Waals surface area contributed by atoms with Crippen LogP contribution in [0.2, 0.25) is 0 Å². The number of rotatable bonds is 3. The molecule has 0 spiro atoms. The minimum atomic E-state index is -3.25. The van der Waals surface area contributed by atoms with E-state index in [1.165, 1.54) is 6.26 Å². The van der Waals surface area contributed by atoms with Gasteiger partial charge < -0.3 is 0 Å². The van der Waals surface area contributed by atoms with E-state index in [-0.39, 0.29) is 4.91 Å². The maximum absolute atomic E-state index is 11.5. The fourth-order valence-corrected chi connectivity index (χ4v) is 2.26. The van der Waals surface area contributed by atoms with Gasteiger partial charge in [-0.05, 0) is 13.0 Å². The standard InChI is InChI=1S/C11H13NO2S/c1-4-9-7-6-8-12-11(9)10(5-2)15(3,13)14/h4-8H,1H2,2-3H3/b10-5+. The van der Waals surface area contributed by atoms with Crippen molar-refractivity contribution in [3.05, 3.63) is 42.2 Å². The molecular formula is C11H13NO2S. The quantitative estimate of drug-likeness (QED) is 0.788. The molecule has 4 heteroatoms. The van der Waals surface area contributed by atoms with E-state index in [2.05, 4.69) is 11.6 Å². The molecule has 0 atom stereocenters. The molecule has 1 aromatic heterocycles. The van der Waals surface area contributed by atoms with Crippen LogP contribution in [-0.4, -0.2) is 19.7 Å². The topological polar surface area (TPSA) is 47.0 Å². The predicted molar refractivity (Wildman–Crippen MR) is 62.8 cm³/mol. The van der Waals surface area contributed by atoms with Crippen LogP contribution in [0.3, 0.4) is 0 Å². The predicted octanol–water partition coefficient (Wildman–Crippen LogP) is 2.13. The molecule has 0 aliphatic rings. The van der Waals surface area contributed by atoms with Crippen molar-refractivity contribution in [2.45, 2.75) is 6.92 Å². The highest BCUT2D eigenvalue weighted by molar-refractivity contribution is 7.99. The second kappa shape index (κ2) is 4.40. The molecule has 80 valence electrons. The van der Waals surface area contributed by atoms with Gasteiger partial charge in [-0.25, -0.2) is 8.42 Å². The first-order valence-corrected chi connectivity index (χ1v) is 6.34. The SMILES string of the molecule is C=Cc1cccnc1/C(=C\C)S(C)(=O)=O. The lowest BCUT2D eigenvalue weighted by Crippen LogP contribution is -2.03. The van der Waals surface area contributed by atoms with Gasteiger partial charge in [0.1, 0.15) is 0 Å². The number of nitrogens with zero attached hydrogens (tertiary/aromatic N) is 1. The monoisotopic (exact) mass is 223 g/mol. The third kappa shape index (κ3) is 2.53. The molecule has 0 fully saturated rings. The second-order valence-electron chi connectivity index (χ2n) is 3.07. The van der Waals surface area contributed by atoms with Crippen molar-refractivity contribution >= 4 is 20.8 Å². The molecule has 1 rings (SSSR count). The number of allylic oxidation sites excluding steroid dienone is 1. The van der Waals surface area contributed by atoms with E-state index in [0.29, 0.717) is 5.69 Å². The Morgan fingerprint density at radius 1 is 1.53 bits per heavy atom. The van der Waals surface area contributed by atoms with Crippen LogP contribution in [0.25, 0.3) is 11.0 Å². The van der Waals surface area contributed by atoms with E-state index in [1.807, 2.05) is 0 Å². The molecule has 0 N–H and O–H groups in total. The Balaban J connectivity index is 3.45. The molecule has 3 nitrogen and oxygen atoms in total. The Bertz CT molecular complexity index is 501. The zero-order chi connectivity index (χ0) is 11.5. The summed E-state index contributed by atoms with van der Waals surface area (Å²) < 4.78 is 23.0. The van der Waals surface area contributed by atoms with Crippen molar-refractivity contribution in [3.8, 4) is 0 Å². The normalized spacial score (nSPS) is 12.5. The molecule has 15 heavy (non-hydrogen) atoms. The van der Waals surface area contributed by atoms with Crippen molar-refractivity contribution in [2.24, 2.45) is 0 Å². The number of sulfone groups is 1. The number of hydrogen-bond donors (Lipinski definition) is 0. The van der Waals surface area contributed by atoms with Crippen LogP contribution in [0, 0.1) is 0 Å². The second-order valence-corrected chi connectivity index (χ2v) is 5.05. The highest BCUT2D eigenvalue weighted by Gasteiger charge is 2.16. The summed E-state index contributed by atoms with van der Waals surface area (Å²) in [6.45, 7) is 5.31. The zero-order valence-corrected chi connectivity index (χ0v) is 9.58. The molecule has 0 saturated heterocycles. The lowest BCUT2D eigenvalue weighted by atomic mass is 10.2. The van der Waals surface area contributed by atoms with E-state index in [0.717, 1.165) is 5.56 Å². The van der Waals surface area contributed by atoms with Gasteiger partial charge in [-0.2, -0.15) is 0 Å². The summed E-state index contributed by atoms with van der Waals surface area (Å²) in [5.41, 5.74) is 1.17. The molecule has 1 aromatic rings. The minimum Gasteiger partial charge on any atom is -0.255 e. The molecule has 0 amide bonds. The van der Waals surface area contributed by atoms with Gasteiger partial charge in [-0.1, -0.05) is 24.8 Å². The van der Waals surface area contributed by atoms with Gasteiger partial charge in [-0.3, -0.25) is 4.98 Å². The van der Waals surface area contributed by atoms with Gasteiger partial charge in [0.25, 0.3) is 0 Å². The van der Waals surface area contributed by atoms with E-state index >= 15 is 0 Å². The highest BCUT2D eigenvalue weighted by atomic mass is 32.2. The highest BCUT2D eigenvalue weighted by Crippen LogP contribution is 2.22. The molecule has 0 aliphatic carbocycles. The Labute approximate surface area is 90.1 Å². The Hall–Kier alpha value is -1.42. The van der Waals surface area contributed by atoms with E-state index < -0.39 is 9.84 Å². The minimum absolute atomic E-state index is 0.234. The molecule has 0 saturated carbocycles. The molecule has 0 unspecified atom stereocenters. The molecule has 0 radical (unpaired) electrons. The van der Waals surface area contributed by atoms with Gasteiger partial charge in [-0.15, -0.1) is 0 Å². The first-order chi connectivity index (χ1) is 7.00. The van der Waals surface area contributed by atoms with Crippen LogP contribution < -0.4 is 0 Å². The smallest absolute Gasteiger partial charge is 0.177 e. The van der Waals surface area contributed by atoms with Gasteiger partial charge in [0.2, 0.25) is 0 Å². The summed E-state index contributed by atoms with van der Waals surface area (Å²) in [6.07, 6.45) is 5.88. The van der Waals surface area contributed by atoms with Gasteiger partial charge in [0, 0.05) is 18.0 Å². The summed E-state index contributed by atoms with van der Waals surface area (Å²) in [7, 11) is -3.25. The Kier molecular flexibility index (Phi) is 3.42. The van der Waals surface area contributed by atoms with Crippen molar-refractivity contribution in [1.29, 1.82) is 0 Å². The molecule has 0 aliphatic heterocycles. The van der Waals surface area contributed by atoms with Crippen LogP contribution in [0.5, 0.6) is 0 Å². The third-order valence-electron chi connectivity index (χ3n) is 1.95. The maximum Gasteiger partial charge on any atom is 0.177 e. The summed E-state index contributed by atoms with van der Waals surface area (Å²) >= 11 is 0. The van der Waals surface area contributed by atoms with Crippen molar-refractivity contribution in [2.75, 3.05) is 6.26 Å². The summed E-state index contributed by atoms with van der Waals surface area (Å²) in [4.78, 5) is 4.30. The maximum atomic E-state index is 11.5. The lowest BCUT2D eigenvalue weighted by Gasteiger charge is -2.06. The molecule has 1 heterocycles. The van der Waals surface area contributed by atoms with Crippen LogP contribution >= 0.6 is 0 Å². The Morgan fingerprint density at radius 2 is 2.20 bits per heavy atom. The summed E-state index contributed by atoms with van der Waals surface area (Å²) in [5, 5.41) is 0. The molecule has 0 bridgehead atoms.